The van der Waals surface area contributed by atoms with Gasteiger partial charge in [0.05, 0.1) is 0 Å². The van der Waals surface area contributed by atoms with Crippen molar-refractivity contribution < 1.29 is 8.78 Å². The van der Waals surface area contributed by atoms with Crippen LogP contribution in [-0.2, 0) is 0 Å². The third-order valence-corrected chi connectivity index (χ3v) is 4.18. The summed E-state index contributed by atoms with van der Waals surface area (Å²) in [5.41, 5.74) is 6.74. The van der Waals surface area contributed by atoms with Gasteiger partial charge in [0.25, 0.3) is 6.43 Å². The number of benzene rings is 1. The van der Waals surface area contributed by atoms with Gasteiger partial charge in [-0.3, -0.25) is 4.90 Å². The summed E-state index contributed by atoms with van der Waals surface area (Å²) in [5.74, 6) is 0.988. The smallest absolute Gasteiger partial charge is 0.263 e. The molecule has 2 atom stereocenters. The van der Waals surface area contributed by atoms with Crippen LogP contribution < -0.4 is 5.73 Å². The van der Waals surface area contributed by atoms with Gasteiger partial charge in [0.2, 0.25) is 0 Å². The predicted molar refractivity (Wildman–Crippen MR) is 78.8 cm³/mol. The van der Waals surface area contributed by atoms with Crippen LogP contribution in [0.1, 0.15) is 30.5 Å². The SMILES string of the molecule is CSCC(C)N(C)C(CN)c1cccc(C(F)F)c1. The van der Waals surface area contributed by atoms with E-state index in [2.05, 4.69) is 18.1 Å². The van der Waals surface area contributed by atoms with E-state index in [1.165, 1.54) is 6.07 Å². The number of hydrogen-bond acceptors (Lipinski definition) is 3. The molecule has 0 bridgehead atoms. The van der Waals surface area contributed by atoms with Crippen LogP contribution in [0.15, 0.2) is 24.3 Å². The Balaban J connectivity index is 2.93. The van der Waals surface area contributed by atoms with Gasteiger partial charge in [-0.05, 0) is 31.9 Å². The standard InChI is InChI=1S/C14H22F2N2S/c1-10(9-19-3)18(2)13(8-17)11-5-4-6-12(7-11)14(15)16/h4-7,10,13-14H,8-9,17H2,1-3H3. The molecule has 2 unspecified atom stereocenters. The van der Waals surface area contributed by atoms with Gasteiger partial charge >= 0.3 is 0 Å². The number of nitrogens with zero attached hydrogens (tertiary/aromatic N) is 1. The molecule has 0 spiro atoms. The monoisotopic (exact) mass is 288 g/mol. The lowest BCUT2D eigenvalue weighted by Gasteiger charge is -2.32. The fourth-order valence-electron chi connectivity index (χ4n) is 2.11. The van der Waals surface area contributed by atoms with Crippen molar-refractivity contribution in [1.82, 2.24) is 4.90 Å². The third-order valence-electron chi connectivity index (χ3n) is 3.37. The summed E-state index contributed by atoms with van der Waals surface area (Å²) in [4.78, 5) is 2.15. The maximum Gasteiger partial charge on any atom is 0.263 e. The highest BCUT2D eigenvalue weighted by molar-refractivity contribution is 7.98. The maximum atomic E-state index is 12.7. The second-order valence-electron chi connectivity index (χ2n) is 4.69. The Hall–Kier alpha value is -0.650. The highest BCUT2D eigenvalue weighted by atomic mass is 32.2. The molecule has 2 N–H and O–H groups in total. The van der Waals surface area contributed by atoms with Gasteiger partial charge in [-0.1, -0.05) is 18.2 Å². The van der Waals surface area contributed by atoms with Crippen LogP contribution >= 0.6 is 11.8 Å². The van der Waals surface area contributed by atoms with Crippen molar-refractivity contribution in [1.29, 1.82) is 0 Å². The van der Waals surface area contributed by atoms with Crippen molar-refractivity contribution in [3.63, 3.8) is 0 Å². The highest BCUT2D eigenvalue weighted by Gasteiger charge is 2.21. The predicted octanol–water partition coefficient (Wildman–Crippen LogP) is 3.31. The van der Waals surface area contributed by atoms with E-state index in [4.69, 9.17) is 5.73 Å². The van der Waals surface area contributed by atoms with Crippen molar-refractivity contribution in [3.05, 3.63) is 35.4 Å². The molecule has 19 heavy (non-hydrogen) atoms. The molecule has 5 heteroatoms. The number of hydrogen-bond donors (Lipinski definition) is 1. The van der Waals surface area contributed by atoms with Gasteiger partial charge in [-0.25, -0.2) is 8.78 Å². The fraction of sp³-hybridized carbons (Fsp3) is 0.571. The van der Waals surface area contributed by atoms with Crippen molar-refractivity contribution in [3.8, 4) is 0 Å². The van der Waals surface area contributed by atoms with Crippen molar-refractivity contribution in [2.75, 3.05) is 25.6 Å². The molecule has 0 aliphatic rings. The second-order valence-corrected chi connectivity index (χ2v) is 5.60. The lowest BCUT2D eigenvalue weighted by molar-refractivity contribution is 0.150. The average molecular weight is 288 g/mol. The Kier molecular flexibility index (Phi) is 6.75. The van der Waals surface area contributed by atoms with E-state index in [-0.39, 0.29) is 11.6 Å². The molecule has 0 fully saturated rings. The number of nitrogens with two attached hydrogens (primary N) is 1. The van der Waals surface area contributed by atoms with E-state index in [0.717, 1.165) is 11.3 Å². The Bertz CT molecular complexity index is 387. The topological polar surface area (TPSA) is 29.3 Å². The van der Waals surface area contributed by atoms with E-state index in [0.29, 0.717) is 12.6 Å². The molecule has 0 saturated carbocycles. The first-order valence-electron chi connectivity index (χ1n) is 6.30. The highest BCUT2D eigenvalue weighted by Crippen LogP contribution is 2.26. The second kappa shape index (κ2) is 7.82. The first kappa shape index (κ1) is 16.4. The first-order valence-corrected chi connectivity index (χ1v) is 7.69. The zero-order chi connectivity index (χ0) is 14.4. The molecule has 2 nitrogen and oxygen atoms in total. The minimum Gasteiger partial charge on any atom is -0.329 e. The molecule has 0 aliphatic heterocycles. The molecular formula is C14H22F2N2S. The van der Waals surface area contributed by atoms with E-state index in [1.54, 1.807) is 23.9 Å². The molecule has 0 aliphatic carbocycles. The summed E-state index contributed by atoms with van der Waals surface area (Å²) >= 11 is 1.77. The minimum atomic E-state index is -2.44. The summed E-state index contributed by atoms with van der Waals surface area (Å²) < 4.78 is 25.5. The summed E-state index contributed by atoms with van der Waals surface area (Å²) in [6, 6.07) is 6.87. The van der Waals surface area contributed by atoms with E-state index in [1.807, 2.05) is 13.1 Å². The van der Waals surface area contributed by atoms with Gasteiger partial charge in [0.1, 0.15) is 0 Å². The van der Waals surface area contributed by atoms with Crippen molar-refractivity contribution >= 4 is 11.8 Å². The van der Waals surface area contributed by atoms with Crippen LogP contribution in [-0.4, -0.2) is 36.5 Å². The number of alkyl halides is 2. The zero-order valence-electron chi connectivity index (χ0n) is 11.6. The summed E-state index contributed by atoms with van der Waals surface area (Å²) in [6.45, 7) is 2.54. The molecule has 0 aromatic heterocycles. The van der Waals surface area contributed by atoms with Crippen LogP contribution in [0, 0.1) is 0 Å². The number of halogens is 2. The van der Waals surface area contributed by atoms with Gasteiger partial charge in [0.15, 0.2) is 0 Å². The van der Waals surface area contributed by atoms with Crippen LogP contribution in [0.2, 0.25) is 0 Å². The molecule has 0 amide bonds. The average Bonchev–Trinajstić information content (AvgIpc) is 2.40. The number of rotatable bonds is 7. The quantitative estimate of drug-likeness (QED) is 0.834. The number of thioether (sulfide) groups is 1. The lowest BCUT2D eigenvalue weighted by atomic mass is 10.0. The minimum absolute atomic E-state index is 0.0270. The van der Waals surface area contributed by atoms with Crippen molar-refractivity contribution in [2.24, 2.45) is 5.73 Å². The number of likely N-dealkylation sites (N-methyl/N-ethyl adjacent to an activating group) is 1. The van der Waals surface area contributed by atoms with Crippen LogP contribution in [0.25, 0.3) is 0 Å². The first-order chi connectivity index (χ1) is 9.01. The van der Waals surface area contributed by atoms with E-state index >= 15 is 0 Å². The van der Waals surface area contributed by atoms with Crippen LogP contribution in [0.5, 0.6) is 0 Å². The molecule has 0 heterocycles. The van der Waals surface area contributed by atoms with Crippen LogP contribution in [0.3, 0.4) is 0 Å². The summed E-state index contributed by atoms with van der Waals surface area (Å²) in [5, 5.41) is 0. The fourth-order valence-corrected chi connectivity index (χ4v) is 2.82. The summed E-state index contributed by atoms with van der Waals surface area (Å²) in [7, 11) is 1.99. The van der Waals surface area contributed by atoms with Gasteiger partial charge < -0.3 is 5.73 Å². The van der Waals surface area contributed by atoms with Gasteiger partial charge in [-0.15, -0.1) is 0 Å². The van der Waals surface area contributed by atoms with Crippen molar-refractivity contribution in [2.45, 2.75) is 25.4 Å². The van der Waals surface area contributed by atoms with E-state index in [9.17, 15) is 8.78 Å². The Morgan fingerprint density at radius 1 is 1.32 bits per heavy atom. The largest absolute Gasteiger partial charge is 0.329 e. The maximum absolute atomic E-state index is 12.7. The Labute approximate surface area is 118 Å². The third kappa shape index (κ3) is 4.44. The van der Waals surface area contributed by atoms with E-state index < -0.39 is 6.43 Å². The molecule has 0 radical (unpaired) electrons. The van der Waals surface area contributed by atoms with Gasteiger partial charge in [0, 0.05) is 29.9 Å². The summed E-state index contributed by atoms with van der Waals surface area (Å²) in [6.07, 6.45) is -0.383. The Morgan fingerprint density at radius 3 is 2.47 bits per heavy atom. The molecule has 108 valence electrons. The molecule has 0 saturated heterocycles. The van der Waals surface area contributed by atoms with Crippen LogP contribution in [0.4, 0.5) is 8.78 Å². The Morgan fingerprint density at radius 2 is 1.95 bits per heavy atom. The molecule has 1 aromatic carbocycles. The van der Waals surface area contributed by atoms with Gasteiger partial charge in [-0.2, -0.15) is 11.8 Å². The molecule has 1 rings (SSSR count). The normalized spacial score (nSPS) is 14.9. The molecular weight excluding hydrogens is 266 g/mol. The molecule has 1 aromatic rings. The zero-order valence-corrected chi connectivity index (χ0v) is 12.5. The lowest BCUT2D eigenvalue weighted by Crippen LogP contribution is -2.38.